The average molecular weight is 289 g/mol. The molecule has 0 aromatic rings. The molecule has 0 bridgehead atoms. The van der Waals surface area contributed by atoms with Gasteiger partial charge in [0.1, 0.15) is 0 Å². The lowest BCUT2D eigenvalue weighted by Crippen LogP contribution is -2.52. The van der Waals surface area contributed by atoms with Gasteiger partial charge in [-0.3, -0.25) is 0 Å². The van der Waals surface area contributed by atoms with E-state index in [9.17, 15) is 8.42 Å². The molecule has 1 aliphatic carbocycles. The standard InChI is InChI=1S/C13H27N3O2S/c1-13(7-3-4-8-13)15-19(17,18)16-9-5-12(6-10-16)11-14-2/h12,14-15H,3-11H2,1-2H3. The zero-order valence-corrected chi connectivity index (χ0v) is 12.9. The van der Waals surface area contributed by atoms with Crippen molar-refractivity contribution >= 4 is 10.2 Å². The summed E-state index contributed by atoms with van der Waals surface area (Å²) < 4.78 is 29.4. The summed E-state index contributed by atoms with van der Waals surface area (Å²) in [6, 6.07) is 0. The van der Waals surface area contributed by atoms with Gasteiger partial charge < -0.3 is 5.32 Å². The highest BCUT2D eigenvalue weighted by Gasteiger charge is 2.36. The van der Waals surface area contributed by atoms with Crippen molar-refractivity contribution in [1.82, 2.24) is 14.3 Å². The van der Waals surface area contributed by atoms with Gasteiger partial charge >= 0.3 is 0 Å². The Balaban J connectivity index is 1.90. The number of hydrogen-bond donors (Lipinski definition) is 2. The molecule has 0 spiro atoms. The maximum Gasteiger partial charge on any atom is 0.279 e. The quantitative estimate of drug-likeness (QED) is 0.796. The number of hydrogen-bond acceptors (Lipinski definition) is 3. The molecule has 0 amide bonds. The van der Waals surface area contributed by atoms with Crippen molar-refractivity contribution in [2.45, 2.75) is 51.0 Å². The normalized spacial score (nSPS) is 25.8. The highest BCUT2D eigenvalue weighted by atomic mass is 32.2. The molecule has 1 aliphatic heterocycles. The minimum absolute atomic E-state index is 0.222. The smallest absolute Gasteiger partial charge is 0.279 e. The van der Waals surface area contributed by atoms with Crippen LogP contribution >= 0.6 is 0 Å². The highest BCUT2D eigenvalue weighted by molar-refractivity contribution is 7.87. The van der Waals surface area contributed by atoms with Gasteiger partial charge in [0.15, 0.2) is 0 Å². The summed E-state index contributed by atoms with van der Waals surface area (Å²) in [4.78, 5) is 0. The second-order valence-electron chi connectivity index (χ2n) is 6.27. The van der Waals surface area contributed by atoms with Crippen LogP contribution in [0.4, 0.5) is 0 Å². The van der Waals surface area contributed by atoms with Crippen LogP contribution in [-0.2, 0) is 10.2 Å². The average Bonchev–Trinajstić information content (AvgIpc) is 2.76. The molecule has 19 heavy (non-hydrogen) atoms. The number of nitrogens with zero attached hydrogens (tertiary/aromatic N) is 1. The number of nitrogens with one attached hydrogen (secondary N) is 2. The van der Waals surface area contributed by atoms with Gasteiger partial charge in [-0.05, 0) is 52.1 Å². The molecular formula is C13H27N3O2S. The fourth-order valence-corrected chi connectivity index (χ4v) is 4.92. The van der Waals surface area contributed by atoms with Crippen LogP contribution in [0.2, 0.25) is 0 Å². The van der Waals surface area contributed by atoms with Crippen LogP contribution in [-0.4, -0.2) is 44.9 Å². The highest BCUT2D eigenvalue weighted by Crippen LogP contribution is 2.30. The Morgan fingerprint density at radius 1 is 1.21 bits per heavy atom. The molecule has 1 saturated carbocycles. The molecule has 2 fully saturated rings. The van der Waals surface area contributed by atoms with Crippen molar-refractivity contribution in [1.29, 1.82) is 0 Å². The minimum Gasteiger partial charge on any atom is -0.319 e. The molecule has 0 radical (unpaired) electrons. The first-order valence-corrected chi connectivity index (χ1v) is 8.83. The zero-order chi connectivity index (χ0) is 13.9. The SMILES string of the molecule is CNCC1CCN(S(=O)(=O)NC2(C)CCCC2)CC1. The third kappa shape index (κ3) is 3.90. The molecule has 1 heterocycles. The molecule has 2 aliphatic rings. The Kier molecular flexibility index (Phi) is 4.87. The van der Waals surface area contributed by atoms with E-state index in [-0.39, 0.29) is 5.54 Å². The largest absolute Gasteiger partial charge is 0.319 e. The third-order valence-corrected chi connectivity index (χ3v) is 6.28. The lowest BCUT2D eigenvalue weighted by molar-refractivity contribution is 0.263. The Labute approximate surface area is 117 Å². The molecule has 112 valence electrons. The van der Waals surface area contributed by atoms with Crippen LogP contribution in [0.3, 0.4) is 0 Å². The summed E-state index contributed by atoms with van der Waals surface area (Å²) in [5.74, 6) is 0.610. The summed E-state index contributed by atoms with van der Waals surface area (Å²) in [5, 5.41) is 3.17. The van der Waals surface area contributed by atoms with E-state index >= 15 is 0 Å². The lowest BCUT2D eigenvalue weighted by atomic mass is 9.98. The summed E-state index contributed by atoms with van der Waals surface area (Å²) in [5.41, 5.74) is -0.222. The van der Waals surface area contributed by atoms with Crippen LogP contribution in [0.25, 0.3) is 0 Å². The molecule has 0 aromatic heterocycles. The monoisotopic (exact) mass is 289 g/mol. The van der Waals surface area contributed by atoms with Crippen LogP contribution in [0.15, 0.2) is 0 Å². The molecule has 5 nitrogen and oxygen atoms in total. The third-order valence-electron chi connectivity index (χ3n) is 4.49. The second-order valence-corrected chi connectivity index (χ2v) is 7.95. The van der Waals surface area contributed by atoms with Crippen molar-refractivity contribution in [2.24, 2.45) is 5.92 Å². The predicted molar refractivity (Wildman–Crippen MR) is 77.2 cm³/mol. The van der Waals surface area contributed by atoms with Crippen LogP contribution in [0, 0.1) is 5.92 Å². The van der Waals surface area contributed by atoms with E-state index < -0.39 is 10.2 Å². The minimum atomic E-state index is -3.30. The maximum absolute atomic E-state index is 12.4. The molecule has 2 N–H and O–H groups in total. The maximum atomic E-state index is 12.4. The van der Waals surface area contributed by atoms with Gasteiger partial charge in [0, 0.05) is 18.6 Å². The van der Waals surface area contributed by atoms with E-state index in [1.54, 1.807) is 4.31 Å². The molecule has 6 heteroatoms. The van der Waals surface area contributed by atoms with E-state index in [1.807, 2.05) is 14.0 Å². The van der Waals surface area contributed by atoms with E-state index in [0.717, 1.165) is 45.1 Å². The van der Waals surface area contributed by atoms with E-state index in [4.69, 9.17) is 0 Å². The van der Waals surface area contributed by atoms with Gasteiger partial charge in [-0.1, -0.05) is 12.8 Å². The van der Waals surface area contributed by atoms with Gasteiger partial charge in [0.25, 0.3) is 10.2 Å². The van der Waals surface area contributed by atoms with Gasteiger partial charge in [0.2, 0.25) is 0 Å². The predicted octanol–water partition coefficient (Wildman–Crippen LogP) is 1.08. The first kappa shape index (κ1) is 15.2. The van der Waals surface area contributed by atoms with Crippen molar-refractivity contribution < 1.29 is 8.42 Å². The molecule has 2 rings (SSSR count). The van der Waals surface area contributed by atoms with Crippen LogP contribution < -0.4 is 10.0 Å². The molecule has 0 unspecified atom stereocenters. The van der Waals surface area contributed by atoms with Crippen LogP contribution in [0.1, 0.15) is 45.4 Å². The number of rotatable bonds is 5. The first-order chi connectivity index (χ1) is 8.95. The molecule has 0 atom stereocenters. The Morgan fingerprint density at radius 3 is 2.32 bits per heavy atom. The lowest BCUT2D eigenvalue weighted by Gasteiger charge is -2.34. The summed E-state index contributed by atoms with van der Waals surface area (Å²) in [7, 11) is -1.35. The van der Waals surface area contributed by atoms with Crippen molar-refractivity contribution in [3.63, 3.8) is 0 Å². The van der Waals surface area contributed by atoms with E-state index in [0.29, 0.717) is 19.0 Å². The molecule has 1 saturated heterocycles. The summed E-state index contributed by atoms with van der Waals surface area (Å²) in [6.07, 6.45) is 6.09. The zero-order valence-electron chi connectivity index (χ0n) is 12.1. The van der Waals surface area contributed by atoms with Gasteiger partial charge in [-0.2, -0.15) is 17.4 Å². The van der Waals surface area contributed by atoms with Gasteiger partial charge in [-0.15, -0.1) is 0 Å². The second kappa shape index (κ2) is 6.08. The van der Waals surface area contributed by atoms with E-state index in [2.05, 4.69) is 10.0 Å². The summed E-state index contributed by atoms with van der Waals surface area (Å²) >= 11 is 0. The number of piperidine rings is 1. The molecule has 0 aromatic carbocycles. The van der Waals surface area contributed by atoms with Crippen molar-refractivity contribution in [3.8, 4) is 0 Å². The Hall–Kier alpha value is -0.170. The van der Waals surface area contributed by atoms with Crippen molar-refractivity contribution in [2.75, 3.05) is 26.7 Å². The van der Waals surface area contributed by atoms with Crippen molar-refractivity contribution in [3.05, 3.63) is 0 Å². The Morgan fingerprint density at radius 2 is 1.79 bits per heavy atom. The summed E-state index contributed by atoms with van der Waals surface area (Å²) in [6.45, 7) is 4.32. The van der Waals surface area contributed by atoms with Gasteiger partial charge in [-0.25, -0.2) is 0 Å². The Bertz CT molecular complexity index is 383. The molecular weight excluding hydrogens is 262 g/mol. The fraction of sp³-hybridized carbons (Fsp3) is 1.00. The van der Waals surface area contributed by atoms with E-state index in [1.165, 1.54) is 0 Å². The topological polar surface area (TPSA) is 61.4 Å². The van der Waals surface area contributed by atoms with Gasteiger partial charge in [0.05, 0.1) is 0 Å². The fourth-order valence-electron chi connectivity index (χ4n) is 3.28. The van der Waals surface area contributed by atoms with Crippen LogP contribution in [0.5, 0.6) is 0 Å². The first-order valence-electron chi connectivity index (χ1n) is 7.39.